The Morgan fingerprint density at radius 3 is 2.79 bits per heavy atom. The number of nitrogens with one attached hydrogen (secondary N) is 1. The number of hydrogen-bond acceptors (Lipinski definition) is 2. The number of carbonyl (C=O) groups excluding carboxylic acids is 1. The van der Waals surface area contributed by atoms with Crippen LogP contribution in [-0.4, -0.2) is 36.5 Å². The van der Waals surface area contributed by atoms with Gasteiger partial charge in [-0.2, -0.15) is 13.2 Å². The van der Waals surface area contributed by atoms with Gasteiger partial charge in [-0.25, -0.2) is 0 Å². The highest BCUT2D eigenvalue weighted by Gasteiger charge is 2.31. The van der Waals surface area contributed by atoms with E-state index < -0.39 is 11.7 Å². The number of rotatable bonds is 1. The first kappa shape index (κ1) is 13.9. The number of amides is 1. The lowest BCUT2D eigenvalue weighted by Crippen LogP contribution is -2.51. The lowest BCUT2D eigenvalue weighted by atomic mass is 10.1. The summed E-state index contributed by atoms with van der Waals surface area (Å²) in [7, 11) is 0. The molecule has 0 bridgehead atoms. The van der Waals surface area contributed by atoms with E-state index in [0.29, 0.717) is 19.6 Å². The van der Waals surface area contributed by atoms with Crippen LogP contribution in [0.3, 0.4) is 0 Å². The van der Waals surface area contributed by atoms with Gasteiger partial charge in [-0.05, 0) is 25.1 Å². The van der Waals surface area contributed by atoms with Crippen molar-refractivity contribution in [1.29, 1.82) is 0 Å². The van der Waals surface area contributed by atoms with Crippen molar-refractivity contribution in [3.63, 3.8) is 0 Å². The van der Waals surface area contributed by atoms with Crippen LogP contribution in [-0.2, 0) is 6.18 Å². The normalized spacial score (nSPS) is 20.4. The molecule has 1 aliphatic rings. The van der Waals surface area contributed by atoms with Gasteiger partial charge in [0.1, 0.15) is 0 Å². The van der Waals surface area contributed by atoms with E-state index in [1.807, 2.05) is 6.92 Å². The molecule has 1 aromatic rings. The van der Waals surface area contributed by atoms with Crippen LogP contribution in [0.2, 0.25) is 0 Å². The van der Waals surface area contributed by atoms with E-state index in [1.165, 1.54) is 12.1 Å². The number of piperazine rings is 1. The predicted octanol–water partition coefficient (Wildman–Crippen LogP) is 2.14. The second-order valence-electron chi connectivity index (χ2n) is 4.68. The summed E-state index contributed by atoms with van der Waals surface area (Å²) in [6, 6.07) is 4.72. The lowest BCUT2D eigenvalue weighted by Gasteiger charge is -2.32. The van der Waals surface area contributed by atoms with E-state index in [-0.39, 0.29) is 17.5 Å². The third kappa shape index (κ3) is 3.26. The van der Waals surface area contributed by atoms with Gasteiger partial charge < -0.3 is 10.2 Å². The summed E-state index contributed by atoms with van der Waals surface area (Å²) >= 11 is 0. The molecule has 1 N–H and O–H groups in total. The molecule has 1 heterocycles. The first-order valence-corrected chi connectivity index (χ1v) is 6.08. The van der Waals surface area contributed by atoms with E-state index in [1.54, 1.807) is 4.90 Å². The van der Waals surface area contributed by atoms with Gasteiger partial charge in [0.05, 0.1) is 5.56 Å². The van der Waals surface area contributed by atoms with E-state index in [0.717, 1.165) is 12.1 Å². The summed E-state index contributed by atoms with van der Waals surface area (Å²) in [6.07, 6.45) is -4.42. The Kier molecular flexibility index (Phi) is 3.80. The number of benzene rings is 1. The topological polar surface area (TPSA) is 32.3 Å². The van der Waals surface area contributed by atoms with E-state index in [4.69, 9.17) is 0 Å². The van der Waals surface area contributed by atoms with Crippen LogP contribution in [0.25, 0.3) is 0 Å². The van der Waals surface area contributed by atoms with Crippen LogP contribution in [0, 0.1) is 0 Å². The molecule has 19 heavy (non-hydrogen) atoms. The van der Waals surface area contributed by atoms with E-state index in [9.17, 15) is 18.0 Å². The summed E-state index contributed by atoms with van der Waals surface area (Å²) in [4.78, 5) is 13.7. The Hall–Kier alpha value is -1.56. The molecule has 0 unspecified atom stereocenters. The Labute approximate surface area is 109 Å². The van der Waals surface area contributed by atoms with Gasteiger partial charge in [-0.1, -0.05) is 6.07 Å². The molecule has 1 aliphatic heterocycles. The molecule has 0 aliphatic carbocycles. The Bertz CT molecular complexity index is 473. The van der Waals surface area contributed by atoms with Gasteiger partial charge in [-0.3, -0.25) is 4.79 Å². The van der Waals surface area contributed by atoms with Crippen LogP contribution in [0.4, 0.5) is 13.2 Å². The van der Waals surface area contributed by atoms with Crippen LogP contribution in [0.15, 0.2) is 24.3 Å². The third-order valence-electron chi connectivity index (χ3n) is 3.09. The number of nitrogens with zero attached hydrogens (tertiary/aromatic N) is 1. The van der Waals surface area contributed by atoms with E-state index in [2.05, 4.69) is 5.32 Å². The van der Waals surface area contributed by atoms with Gasteiger partial charge in [-0.15, -0.1) is 0 Å². The molecule has 104 valence electrons. The summed E-state index contributed by atoms with van der Waals surface area (Å²) in [5, 5.41) is 3.18. The van der Waals surface area contributed by atoms with Gasteiger partial charge in [0.15, 0.2) is 0 Å². The molecule has 1 fully saturated rings. The average molecular weight is 272 g/mol. The first-order valence-electron chi connectivity index (χ1n) is 6.08. The second kappa shape index (κ2) is 5.21. The molecule has 3 nitrogen and oxygen atoms in total. The molecule has 2 rings (SSSR count). The molecule has 1 aromatic carbocycles. The summed E-state index contributed by atoms with van der Waals surface area (Å²) in [6.45, 7) is 3.62. The molecule has 0 saturated carbocycles. The maximum atomic E-state index is 12.6. The van der Waals surface area contributed by atoms with Crippen molar-refractivity contribution in [1.82, 2.24) is 10.2 Å². The minimum absolute atomic E-state index is 0.0870. The monoisotopic (exact) mass is 272 g/mol. The molecule has 0 radical (unpaired) electrons. The molecule has 1 atom stereocenters. The van der Waals surface area contributed by atoms with E-state index >= 15 is 0 Å². The van der Waals surface area contributed by atoms with Gasteiger partial charge >= 0.3 is 6.18 Å². The van der Waals surface area contributed by atoms with Crippen LogP contribution < -0.4 is 5.32 Å². The third-order valence-corrected chi connectivity index (χ3v) is 3.09. The quantitative estimate of drug-likeness (QED) is 0.849. The molecule has 1 amide bonds. The minimum atomic E-state index is -4.42. The highest BCUT2D eigenvalue weighted by molar-refractivity contribution is 5.94. The Morgan fingerprint density at radius 1 is 1.42 bits per heavy atom. The lowest BCUT2D eigenvalue weighted by molar-refractivity contribution is -0.137. The molecule has 0 aromatic heterocycles. The second-order valence-corrected chi connectivity index (χ2v) is 4.68. The average Bonchev–Trinajstić information content (AvgIpc) is 2.37. The van der Waals surface area contributed by atoms with Gasteiger partial charge in [0.25, 0.3) is 5.91 Å². The summed E-state index contributed by atoms with van der Waals surface area (Å²) in [5.74, 6) is -0.348. The standard InChI is InChI=1S/C13H15F3N2O/c1-9-8-18(6-5-17-9)12(19)10-3-2-4-11(7-10)13(14,15)16/h2-4,7,9,17H,5-6,8H2,1H3/t9-/m1/s1. The van der Waals surface area contributed by atoms with Crippen LogP contribution in [0.1, 0.15) is 22.8 Å². The number of halogens is 3. The van der Waals surface area contributed by atoms with Crippen molar-refractivity contribution < 1.29 is 18.0 Å². The fraction of sp³-hybridized carbons (Fsp3) is 0.462. The summed E-state index contributed by atoms with van der Waals surface area (Å²) < 4.78 is 37.8. The zero-order valence-electron chi connectivity index (χ0n) is 10.5. The molecular formula is C13H15F3N2O. The fourth-order valence-electron chi connectivity index (χ4n) is 2.13. The summed E-state index contributed by atoms with van der Waals surface area (Å²) in [5.41, 5.74) is -0.703. The fourth-order valence-corrected chi connectivity index (χ4v) is 2.13. The van der Waals surface area contributed by atoms with Gasteiger partial charge in [0.2, 0.25) is 0 Å². The molecule has 0 spiro atoms. The minimum Gasteiger partial charge on any atom is -0.336 e. The van der Waals surface area contributed by atoms with Crippen molar-refractivity contribution >= 4 is 5.91 Å². The number of alkyl halides is 3. The molecule has 6 heteroatoms. The zero-order chi connectivity index (χ0) is 14.0. The first-order chi connectivity index (χ1) is 8.88. The highest BCUT2D eigenvalue weighted by atomic mass is 19.4. The van der Waals surface area contributed by atoms with Crippen molar-refractivity contribution in [2.45, 2.75) is 19.1 Å². The SMILES string of the molecule is C[C@@H]1CN(C(=O)c2cccc(C(F)(F)F)c2)CCN1. The Morgan fingerprint density at radius 2 is 2.16 bits per heavy atom. The smallest absolute Gasteiger partial charge is 0.336 e. The van der Waals surface area contributed by atoms with Crippen LogP contribution in [0.5, 0.6) is 0 Å². The number of carbonyl (C=O) groups is 1. The van der Waals surface area contributed by atoms with Crippen molar-refractivity contribution in [2.24, 2.45) is 0 Å². The van der Waals surface area contributed by atoms with Crippen molar-refractivity contribution in [2.75, 3.05) is 19.6 Å². The zero-order valence-corrected chi connectivity index (χ0v) is 10.5. The van der Waals surface area contributed by atoms with Crippen LogP contribution >= 0.6 is 0 Å². The highest BCUT2D eigenvalue weighted by Crippen LogP contribution is 2.29. The Balaban J connectivity index is 2.19. The number of hydrogen-bond donors (Lipinski definition) is 1. The van der Waals surface area contributed by atoms with Crippen molar-refractivity contribution in [3.8, 4) is 0 Å². The predicted molar refractivity (Wildman–Crippen MR) is 64.8 cm³/mol. The largest absolute Gasteiger partial charge is 0.416 e. The maximum absolute atomic E-state index is 12.6. The van der Waals surface area contributed by atoms with Crippen molar-refractivity contribution in [3.05, 3.63) is 35.4 Å². The van der Waals surface area contributed by atoms with Gasteiger partial charge in [0, 0.05) is 31.2 Å². The molecule has 1 saturated heterocycles. The molecular weight excluding hydrogens is 257 g/mol. The maximum Gasteiger partial charge on any atom is 0.416 e.